The third kappa shape index (κ3) is 2.21. The van der Waals surface area contributed by atoms with E-state index in [2.05, 4.69) is 64.6 Å². The van der Waals surface area contributed by atoms with Crippen LogP contribution in [0.25, 0.3) is 16.6 Å². The Hall–Kier alpha value is -2.89. The minimum absolute atomic E-state index is 0.00313. The van der Waals surface area contributed by atoms with Gasteiger partial charge >= 0.3 is 0 Å². The van der Waals surface area contributed by atoms with Crippen LogP contribution in [-0.4, -0.2) is 37.2 Å². The largest absolute Gasteiger partial charge is 0.351 e. The fourth-order valence-corrected chi connectivity index (χ4v) is 3.82. The van der Waals surface area contributed by atoms with E-state index in [0.29, 0.717) is 6.04 Å². The van der Waals surface area contributed by atoms with Gasteiger partial charge in [0.15, 0.2) is 5.82 Å². The molecule has 0 aliphatic carbocycles. The molecule has 1 fully saturated rings. The summed E-state index contributed by atoms with van der Waals surface area (Å²) in [4.78, 5) is 11.9. The summed E-state index contributed by atoms with van der Waals surface area (Å²) in [6.45, 7) is 8.56. The fraction of sp³-hybridized carbons (Fsp3) is 0.350. The van der Waals surface area contributed by atoms with Crippen LogP contribution >= 0.6 is 0 Å². The van der Waals surface area contributed by atoms with Crippen molar-refractivity contribution in [1.82, 2.24) is 24.1 Å². The smallest absolute Gasteiger partial charge is 0.154 e. The molecule has 5 rings (SSSR count). The Morgan fingerprint density at radius 2 is 1.81 bits per heavy atom. The van der Waals surface area contributed by atoms with Gasteiger partial charge in [-0.25, -0.2) is 14.5 Å². The van der Waals surface area contributed by atoms with Crippen molar-refractivity contribution in [2.75, 3.05) is 18.0 Å². The number of benzene rings is 1. The van der Waals surface area contributed by atoms with E-state index in [9.17, 15) is 0 Å². The molecule has 0 unspecified atom stereocenters. The second-order valence-electron chi connectivity index (χ2n) is 8.01. The lowest BCUT2D eigenvalue weighted by atomic mass is 9.94. The van der Waals surface area contributed by atoms with Crippen molar-refractivity contribution in [2.24, 2.45) is 0 Å². The molecule has 6 nitrogen and oxygen atoms in total. The molecule has 132 valence electrons. The molecule has 0 radical (unpaired) electrons. The van der Waals surface area contributed by atoms with Gasteiger partial charge in [-0.3, -0.25) is 0 Å². The average Bonchev–Trinajstić information content (AvgIpc) is 3.18. The van der Waals surface area contributed by atoms with Gasteiger partial charge < -0.3 is 9.47 Å². The lowest BCUT2D eigenvalue weighted by molar-refractivity contribution is 0.372. The zero-order valence-electron chi connectivity index (χ0n) is 15.3. The molecule has 26 heavy (non-hydrogen) atoms. The van der Waals surface area contributed by atoms with Gasteiger partial charge in [0.2, 0.25) is 0 Å². The number of aromatic nitrogens is 5. The van der Waals surface area contributed by atoms with Gasteiger partial charge in [0, 0.05) is 30.9 Å². The van der Waals surface area contributed by atoms with Crippen molar-refractivity contribution in [3.8, 4) is 0 Å². The van der Waals surface area contributed by atoms with Crippen LogP contribution in [0.2, 0.25) is 0 Å². The van der Waals surface area contributed by atoms with Gasteiger partial charge in [-0.15, -0.1) is 0 Å². The quantitative estimate of drug-likeness (QED) is 0.558. The van der Waals surface area contributed by atoms with E-state index in [-0.39, 0.29) is 5.41 Å². The highest BCUT2D eigenvalue weighted by Crippen LogP contribution is 2.35. The zero-order chi connectivity index (χ0) is 17.9. The fourth-order valence-electron chi connectivity index (χ4n) is 3.82. The first kappa shape index (κ1) is 15.4. The maximum atomic E-state index is 4.94. The summed E-state index contributed by atoms with van der Waals surface area (Å²) in [5.41, 5.74) is 3.35. The highest BCUT2D eigenvalue weighted by Gasteiger charge is 2.35. The predicted molar refractivity (Wildman–Crippen MR) is 103 cm³/mol. The minimum atomic E-state index is 0.00313. The summed E-state index contributed by atoms with van der Waals surface area (Å²) in [7, 11) is 0. The van der Waals surface area contributed by atoms with E-state index in [1.54, 1.807) is 0 Å². The molecule has 0 amide bonds. The van der Waals surface area contributed by atoms with Gasteiger partial charge in [0.05, 0.1) is 23.3 Å². The lowest BCUT2D eigenvalue weighted by Gasteiger charge is -2.42. The molecule has 4 aromatic rings. The topological polar surface area (TPSA) is 51.2 Å². The summed E-state index contributed by atoms with van der Waals surface area (Å²) in [6.07, 6.45) is 5.52. The summed E-state index contributed by atoms with van der Waals surface area (Å²) in [5, 5.41) is 4.31. The van der Waals surface area contributed by atoms with Crippen molar-refractivity contribution in [1.29, 1.82) is 0 Å². The van der Waals surface area contributed by atoms with Gasteiger partial charge in [-0.2, -0.15) is 5.10 Å². The van der Waals surface area contributed by atoms with Crippen LogP contribution in [0.3, 0.4) is 0 Å². The Morgan fingerprint density at radius 1 is 1.00 bits per heavy atom. The third-order valence-corrected chi connectivity index (χ3v) is 5.10. The number of rotatable bonds is 2. The van der Waals surface area contributed by atoms with Crippen LogP contribution < -0.4 is 4.90 Å². The van der Waals surface area contributed by atoms with Crippen LogP contribution in [0.5, 0.6) is 0 Å². The minimum Gasteiger partial charge on any atom is -0.351 e. The van der Waals surface area contributed by atoms with Gasteiger partial charge in [-0.1, -0.05) is 32.9 Å². The van der Waals surface area contributed by atoms with Crippen LogP contribution in [-0.2, 0) is 5.41 Å². The van der Waals surface area contributed by atoms with Crippen molar-refractivity contribution in [2.45, 2.75) is 32.2 Å². The number of anilines is 1. The molecule has 0 atom stereocenters. The van der Waals surface area contributed by atoms with Crippen molar-refractivity contribution < 1.29 is 0 Å². The maximum Gasteiger partial charge on any atom is 0.154 e. The van der Waals surface area contributed by atoms with Crippen LogP contribution in [0.4, 0.5) is 5.82 Å². The molecule has 4 heterocycles. The standard InChI is InChI=1S/C20H22N6/c1-20(2,3)19-23-15-6-4-5-7-16(15)26(19)14-12-24(13-14)18-17-8-9-22-25(17)11-10-21-18/h4-11,14H,12-13H2,1-3H3. The molecular weight excluding hydrogens is 324 g/mol. The Bertz CT molecular complexity index is 1090. The Kier molecular flexibility index (Phi) is 3.13. The first-order chi connectivity index (χ1) is 12.5. The Morgan fingerprint density at radius 3 is 2.62 bits per heavy atom. The van der Waals surface area contributed by atoms with E-state index in [4.69, 9.17) is 4.98 Å². The number of para-hydroxylation sites is 2. The number of hydrogen-bond acceptors (Lipinski definition) is 4. The second kappa shape index (κ2) is 5.30. The number of fused-ring (bicyclic) bond motifs is 2. The molecular formula is C20H22N6. The molecule has 6 heteroatoms. The van der Waals surface area contributed by atoms with Crippen molar-refractivity contribution in [3.63, 3.8) is 0 Å². The van der Waals surface area contributed by atoms with Crippen molar-refractivity contribution in [3.05, 3.63) is 54.7 Å². The Balaban J connectivity index is 1.52. The molecule has 0 spiro atoms. The maximum absolute atomic E-state index is 4.94. The molecule has 0 saturated carbocycles. The van der Waals surface area contributed by atoms with Gasteiger partial charge in [0.25, 0.3) is 0 Å². The van der Waals surface area contributed by atoms with E-state index in [0.717, 1.165) is 35.8 Å². The number of hydrogen-bond donors (Lipinski definition) is 0. The first-order valence-electron chi connectivity index (χ1n) is 9.03. The summed E-state index contributed by atoms with van der Waals surface area (Å²) in [5.74, 6) is 2.15. The van der Waals surface area contributed by atoms with Gasteiger partial charge in [-0.05, 0) is 18.2 Å². The monoisotopic (exact) mass is 346 g/mol. The molecule has 1 aromatic carbocycles. The first-order valence-corrected chi connectivity index (χ1v) is 9.03. The molecule has 3 aromatic heterocycles. The predicted octanol–water partition coefficient (Wildman–Crippen LogP) is 3.44. The molecule has 1 aliphatic heterocycles. The molecule has 1 aliphatic rings. The van der Waals surface area contributed by atoms with Crippen molar-refractivity contribution >= 4 is 22.4 Å². The number of nitrogens with zero attached hydrogens (tertiary/aromatic N) is 6. The molecule has 1 saturated heterocycles. The number of imidazole rings is 1. The molecule has 0 N–H and O–H groups in total. The second-order valence-corrected chi connectivity index (χ2v) is 8.01. The SMILES string of the molecule is CC(C)(C)c1nc2ccccc2n1C1CN(c2nccn3nccc23)C1. The normalized spacial score (nSPS) is 15.7. The van der Waals surface area contributed by atoms with Crippen LogP contribution in [0, 0.1) is 0 Å². The van der Waals surface area contributed by atoms with Gasteiger partial charge in [0.1, 0.15) is 11.3 Å². The van der Waals surface area contributed by atoms with E-state index in [1.807, 2.05) is 29.2 Å². The van der Waals surface area contributed by atoms with E-state index in [1.165, 1.54) is 5.52 Å². The summed E-state index contributed by atoms with van der Waals surface area (Å²) in [6, 6.07) is 10.9. The summed E-state index contributed by atoms with van der Waals surface area (Å²) >= 11 is 0. The molecule has 0 bridgehead atoms. The van der Waals surface area contributed by atoms with Crippen LogP contribution in [0.1, 0.15) is 32.6 Å². The van der Waals surface area contributed by atoms with E-state index >= 15 is 0 Å². The zero-order valence-corrected chi connectivity index (χ0v) is 15.3. The van der Waals surface area contributed by atoms with Crippen LogP contribution in [0.15, 0.2) is 48.9 Å². The van der Waals surface area contributed by atoms with E-state index < -0.39 is 0 Å². The highest BCUT2D eigenvalue weighted by molar-refractivity contribution is 5.77. The summed E-state index contributed by atoms with van der Waals surface area (Å²) < 4.78 is 4.31. The highest BCUT2D eigenvalue weighted by atomic mass is 15.3. The Labute approximate surface area is 152 Å². The lowest BCUT2D eigenvalue weighted by Crippen LogP contribution is -2.49. The third-order valence-electron chi connectivity index (χ3n) is 5.10. The average molecular weight is 346 g/mol.